The Morgan fingerprint density at radius 3 is 2.31 bits per heavy atom. The Balaban J connectivity index is 1.68. The Kier molecular flexibility index (Phi) is 3.52. The minimum atomic E-state index is 0.223. The van der Waals surface area contributed by atoms with Crippen molar-refractivity contribution >= 4 is 17.2 Å². The van der Waals surface area contributed by atoms with Crippen molar-refractivity contribution in [2.24, 2.45) is 5.10 Å². The molecule has 2 heterocycles. The van der Waals surface area contributed by atoms with E-state index in [0.717, 1.165) is 24.2 Å². The van der Waals surface area contributed by atoms with Crippen LogP contribution in [0.1, 0.15) is 23.1 Å². The molecule has 0 bridgehead atoms. The van der Waals surface area contributed by atoms with E-state index in [-0.39, 0.29) is 6.17 Å². The number of anilines is 2. The van der Waals surface area contributed by atoms with Gasteiger partial charge in [0.25, 0.3) is 0 Å². The summed E-state index contributed by atoms with van der Waals surface area (Å²) in [5.41, 5.74) is 6.28. The third kappa shape index (κ3) is 2.31. The quantitative estimate of drug-likeness (QED) is 0.657. The van der Waals surface area contributed by atoms with E-state index in [9.17, 15) is 0 Å². The lowest BCUT2D eigenvalue weighted by molar-refractivity contribution is 0.582. The molecule has 128 valence electrons. The van der Waals surface area contributed by atoms with Gasteiger partial charge < -0.3 is 4.90 Å². The molecular weight excluding hydrogens is 318 g/mol. The van der Waals surface area contributed by atoms with Crippen molar-refractivity contribution in [3.05, 3.63) is 95.6 Å². The summed E-state index contributed by atoms with van der Waals surface area (Å²) in [5.74, 6) is 1.03. The zero-order valence-corrected chi connectivity index (χ0v) is 14.8. The van der Waals surface area contributed by atoms with Gasteiger partial charge in [0.05, 0.1) is 5.69 Å². The van der Waals surface area contributed by atoms with Crippen LogP contribution < -0.4 is 9.91 Å². The number of hydrazone groups is 1. The zero-order valence-electron chi connectivity index (χ0n) is 14.8. The van der Waals surface area contributed by atoms with E-state index in [2.05, 4.69) is 95.7 Å². The third-order valence-corrected chi connectivity index (χ3v) is 5.33. The van der Waals surface area contributed by atoms with Crippen LogP contribution in [0.4, 0.5) is 11.4 Å². The molecule has 3 heteroatoms. The number of nitrogens with zero attached hydrogens (tertiary/aromatic N) is 3. The fourth-order valence-corrected chi connectivity index (χ4v) is 4.05. The van der Waals surface area contributed by atoms with E-state index >= 15 is 0 Å². The van der Waals surface area contributed by atoms with E-state index in [1.54, 1.807) is 0 Å². The lowest BCUT2D eigenvalue weighted by Gasteiger charge is -2.37. The first-order chi connectivity index (χ1) is 12.8. The topological polar surface area (TPSA) is 18.8 Å². The second-order valence-corrected chi connectivity index (χ2v) is 6.94. The Morgan fingerprint density at radius 1 is 0.808 bits per heavy atom. The molecule has 0 aliphatic carbocycles. The van der Waals surface area contributed by atoms with Crippen LogP contribution in [0.25, 0.3) is 0 Å². The molecule has 5 rings (SSSR count). The summed E-state index contributed by atoms with van der Waals surface area (Å²) >= 11 is 0. The Hall–Kier alpha value is -3.07. The third-order valence-electron chi connectivity index (χ3n) is 5.33. The highest BCUT2D eigenvalue weighted by Gasteiger charge is 2.40. The number of hydrogen-bond donors (Lipinski definition) is 0. The summed E-state index contributed by atoms with van der Waals surface area (Å²) in [6, 6.07) is 27.8. The van der Waals surface area contributed by atoms with Crippen molar-refractivity contribution in [2.45, 2.75) is 25.9 Å². The van der Waals surface area contributed by atoms with Gasteiger partial charge in [0.15, 0.2) is 5.84 Å². The standard InChI is InChI=1S/C23H21N3/c1-17-9-5-7-13-20(17)26-22-16-15-18-10-6-8-14-21(18)25(22)23(24-26)19-11-3-2-4-12-19/h2-14,22H,15-16H2,1H3. The van der Waals surface area contributed by atoms with Gasteiger partial charge in [0, 0.05) is 11.3 Å². The van der Waals surface area contributed by atoms with Gasteiger partial charge in [0.2, 0.25) is 0 Å². The second kappa shape index (κ2) is 6.03. The van der Waals surface area contributed by atoms with Gasteiger partial charge in [-0.1, -0.05) is 66.7 Å². The monoisotopic (exact) mass is 339 g/mol. The molecule has 0 spiro atoms. The number of rotatable bonds is 2. The van der Waals surface area contributed by atoms with E-state index in [1.807, 2.05) is 0 Å². The molecule has 1 unspecified atom stereocenters. The SMILES string of the molecule is Cc1ccccc1N1N=C(c2ccccc2)N2c3ccccc3CCC12. The Bertz CT molecular complexity index is 978. The van der Waals surface area contributed by atoms with E-state index < -0.39 is 0 Å². The first-order valence-corrected chi connectivity index (χ1v) is 9.19. The Morgan fingerprint density at radius 2 is 1.50 bits per heavy atom. The fraction of sp³-hybridized carbons (Fsp3) is 0.174. The van der Waals surface area contributed by atoms with Crippen molar-refractivity contribution < 1.29 is 0 Å². The number of fused-ring (bicyclic) bond motifs is 3. The molecule has 0 saturated carbocycles. The fourth-order valence-electron chi connectivity index (χ4n) is 4.05. The summed E-state index contributed by atoms with van der Waals surface area (Å²) in [6.45, 7) is 2.16. The predicted octanol–water partition coefficient (Wildman–Crippen LogP) is 4.96. The molecule has 3 nitrogen and oxygen atoms in total. The summed E-state index contributed by atoms with van der Waals surface area (Å²) < 4.78 is 0. The molecule has 0 aromatic heterocycles. The van der Waals surface area contributed by atoms with Crippen LogP contribution in [0.5, 0.6) is 0 Å². The highest BCUT2D eigenvalue weighted by Crippen LogP contribution is 2.39. The molecule has 2 aliphatic rings. The van der Waals surface area contributed by atoms with Crippen LogP contribution in [0.2, 0.25) is 0 Å². The van der Waals surface area contributed by atoms with Crippen LogP contribution in [0.3, 0.4) is 0 Å². The molecule has 3 aromatic rings. The van der Waals surface area contributed by atoms with Gasteiger partial charge in [-0.15, -0.1) is 0 Å². The number of para-hydroxylation sites is 2. The maximum Gasteiger partial charge on any atom is 0.162 e. The van der Waals surface area contributed by atoms with Crippen LogP contribution in [-0.2, 0) is 6.42 Å². The summed E-state index contributed by atoms with van der Waals surface area (Å²) in [6.07, 6.45) is 2.36. The lowest BCUT2D eigenvalue weighted by atomic mass is 9.98. The van der Waals surface area contributed by atoms with Gasteiger partial charge in [-0.25, -0.2) is 5.01 Å². The molecule has 0 fully saturated rings. The molecule has 0 amide bonds. The smallest absolute Gasteiger partial charge is 0.162 e. The van der Waals surface area contributed by atoms with Crippen molar-refractivity contribution in [2.75, 3.05) is 9.91 Å². The van der Waals surface area contributed by atoms with Crippen LogP contribution >= 0.6 is 0 Å². The molecular formula is C23H21N3. The van der Waals surface area contributed by atoms with E-state index in [4.69, 9.17) is 5.10 Å². The second-order valence-electron chi connectivity index (χ2n) is 6.94. The summed E-state index contributed by atoms with van der Waals surface area (Å²) in [5, 5.41) is 7.32. The lowest BCUT2D eigenvalue weighted by Crippen LogP contribution is -2.45. The van der Waals surface area contributed by atoms with Gasteiger partial charge in [0.1, 0.15) is 6.17 Å². The van der Waals surface area contributed by atoms with Crippen molar-refractivity contribution in [3.8, 4) is 0 Å². The highest BCUT2D eigenvalue weighted by molar-refractivity contribution is 6.13. The van der Waals surface area contributed by atoms with Crippen LogP contribution in [0.15, 0.2) is 84.0 Å². The maximum absolute atomic E-state index is 5.11. The minimum Gasteiger partial charge on any atom is -0.301 e. The average Bonchev–Trinajstić information content (AvgIpc) is 3.09. The summed E-state index contributed by atoms with van der Waals surface area (Å²) in [7, 11) is 0. The number of hydrogen-bond acceptors (Lipinski definition) is 3. The average molecular weight is 339 g/mol. The van der Waals surface area contributed by atoms with Crippen molar-refractivity contribution in [1.29, 1.82) is 0 Å². The van der Waals surface area contributed by atoms with E-state index in [1.165, 1.54) is 22.5 Å². The Labute approximate surface area is 154 Å². The molecule has 26 heavy (non-hydrogen) atoms. The highest BCUT2D eigenvalue weighted by atomic mass is 15.6. The van der Waals surface area contributed by atoms with Crippen molar-refractivity contribution in [3.63, 3.8) is 0 Å². The largest absolute Gasteiger partial charge is 0.301 e. The zero-order chi connectivity index (χ0) is 17.5. The predicted molar refractivity (Wildman–Crippen MR) is 108 cm³/mol. The van der Waals surface area contributed by atoms with Gasteiger partial charge in [-0.3, -0.25) is 0 Å². The number of benzene rings is 3. The van der Waals surface area contributed by atoms with Gasteiger partial charge in [-0.2, -0.15) is 5.10 Å². The van der Waals surface area contributed by atoms with Crippen molar-refractivity contribution in [1.82, 2.24) is 0 Å². The summed E-state index contributed by atoms with van der Waals surface area (Å²) in [4.78, 5) is 2.42. The van der Waals surface area contributed by atoms with E-state index in [0.29, 0.717) is 0 Å². The molecule has 0 radical (unpaired) electrons. The molecule has 3 aromatic carbocycles. The minimum absolute atomic E-state index is 0.223. The van der Waals surface area contributed by atoms with Gasteiger partial charge in [-0.05, 0) is 43.0 Å². The van der Waals surface area contributed by atoms with Crippen LogP contribution in [0, 0.1) is 6.92 Å². The number of aryl methyl sites for hydroxylation is 2. The molecule has 1 atom stereocenters. The normalized spacial score (nSPS) is 18.3. The van der Waals surface area contributed by atoms with Crippen LogP contribution in [-0.4, -0.2) is 12.0 Å². The first kappa shape index (κ1) is 15.2. The molecule has 0 N–H and O–H groups in total. The molecule has 0 saturated heterocycles. The molecule has 2 aliphatic heterocycles. The van der Waals surface area contributed by atoms with Gasteiger partial charge >= 0.3 is 0 Å². The maximum atomic E-state index is 5.11. The first-order valence-electron chi connectivity index (χ1n) is 9.19. The number of amidine groups is 1.